The molecule has 0 fully saturated rings. The van der Waals surface area contributed by atoms with Gasteiger partial charge in [-0.05, 0) is 41.9 Å². The molecule has 51 heavy (non-hydrogen) atoms. The highest BCUT2D eigenvalue weighted by molar-refractivity contribution is 7.89. The van der Waals surface area contributed by atoms with Gasteiger partial charge in [-0.2, -0.15) is 5.10 Å². The van der Waals surface area contributed by atoms with Gasteiger partial charge in [-0.25, -0.2) is 27.4 Å². The summed E-state index contributed by atoms with van der Waals surface area (Å²) in [5, 5.41) is 18.4. The van der Waals surface area contributed by atoms with Gasteiger partial charge in [0.1, 0.15) is 16.4 Å². The van der Waals surface area contributed by atoms with Gasteiger partial charge in [0.05, 0.1) is 51.0 Å². The second-order valence-corrected chi connectivity index (χ2v) is 19.8. The number of aromatic nitrogens is 2. The quantitative estimate of drug-likeness (QED) is 0.0987. The van der Waals surface area contributed by atoms with E-state index >= 15 is 0 Å². The van der Waals surface area contributed by atoms with Crippen LogP contribution in [0.4, 0.5) is 21.0 Å². The van der Waals surface area contributed by atoms with Gasteiger partial charge in [0.25, 0.3) is 0 Å². The number of carboxylic acid groups (broad SMARTS) is 1. The fourth-order valence-electron chi connectivity index (χ4n) is 4.37. The van der Waals surface area contributed by atoms with Gasteiger partial charge in [0.2, 0.25) is 15.9 Å². The van der Waals surface area contributed by atoms with Crippen LogP contribution in [0.15, 0.2) is 78.0 Å². The van der Waals surface area contributed by atoms with E-state index < -0.39 is 36.2 Å². The van der Waals surface area contributed by atoms with Crippen LogP contribution >= 0.6 is 11.6 Å². The maximum atomic E-state index is 13.6. The van der Waals surface area contributed by atoms with E-state index in [-0.39, 0.29) is 34.9 Å². The monoisotopic (exact) mass is 760 g/mol. The van der Waals surface area contributed by atoms with Crippen LogP contribution in [-0.2, 0) is 32.5 Å². The molecule has 15 nitrogen and oxygen atoms in total. The molecule has 6 N–H and O–H groups in total. The third-order valence-electron chi connectivity index (χ3n) is 6.97. The minimum absolute atomic E-state index is 0.0254. The number of methoxy groups -OCH3 is 2. The van der Waals surface area contributed by atoms with E-state index in [0.29, 0.717) is 34.3 Å². The second-order valence-electron chi connectivity index (χ2n) is 12.1. The third-order valence-corrected chi connectivity index (χ3v) is 10.5. The summed E-state index contributed by atoms with van der Waals surface area (Å²) in [4.78, 5) is 33.7. The number of carbonyl (C=O) groups excluding carboxylic acids is 2. The molecule has 0 radical (unpaired) electrons. The zero-order chi connectivity index (χ0) is 37.8. The highest BCUT2D eigenvalue weighted by Gasteiger charge is 2.23. The summed E-state index contributed by atoms with van der Waals surface area (Å²) in [5.41, 5.74) is 6.40. The van der Waals surface area contributed by atoms with Gasteiger partial charge in [0.15, 0.2) is 0 Å². The molecule has 18 heteroatoms. The molecule has 0 aliphatic heterocycles. The summed E-state index contributed by atoms with van der Waals surface area (Å²) >= 11 is 6.17. The van der Waals surface area contributed by atoms with Crippen LogP contribution < -0.4 is 30.6 Å². The molecule has 0 unspecified atom stereocenters. The maximum absolute atomic E-state index is 13.6. The summed E-state index contributed by atoms with van der Waals surface area (Å²) in [6.07, 6.45) is 0.564. The molecule has 0 saturated heterocycles. The molecule has 1 heterocycles. The lowest BCUT2D eigenvalue weighted by molar-refractivity contribution is -0.115. The summed E-state index contributed by atoms with van der Waals surface area (Å²) in [6, 6.07) is 17.1. The van der Waals surface area contributed by atoms with Crippen molar-refractivity contribution in [1.82, 2.24) is 14.5 Å². The normalized spacial score (nSPS) is 11.1. The highest BCUT2D eigenvalue weighted by atomic mass is 35.5. The van der Waals surface area contributed by atoms with Crippen molar-refractivity contribution >= 4 is 59.2 Å². The second kappa shape index (κ2) is 18.2. The molecule has 0 aliphatic rings. The van der Waals surface area contributed by atoms with E-state index in [0.717, 1.165) is 6.04 Å². The topological polar surface area (TPSA) is 213 Å². The summed E-state index contributed by atoms with van der Waals surface area (Å²) < 4.78 is 46.2. The number of nitrogens with zero attached hydrogens (tertiary/aromatic N) is 2. The molecule has 4 rings (SSSR count). The molecular formula is C33H41ClN6O9SSi. The van der Waals surface area contributed by atoms with E-state index in [4.69, 9.17) is 31.9 Å². The Balaban J connectivity index is 0.000000612. The number of nitrogens with two attached hydrogens (primary N) is 1. The lowest BCUT2D eigenvalue weighted by Crippen LogP contribution is -2.25. The highest BCUT2D eigenvalue weighted by Crippen LogP contribution is 2.28. The molecule has 0 spiro atoms. The maximum Gasteiger partial charge on any atom is 0.409 e. The first kappa shape index (κ1) is 40.3. The van der Waals surface area contributed by atoms with E-state index in [9.17, 15) is 22.8 Å². The lowest BCUT2D eigenvalue weighted by Gasteiger charge is -2.15. The Morgan fingerprint density at radius 3 is 2.31 bits per heavy atom. The molecule has 0 bridgehead atoms. The molecule has 274 valence electrons. The number of primary amides is 1. The van der Waals surface area contributed by atoms with E-state index in [1.54, 1.807) is 42.5 Å². The molecule has 0 saturated carbocycles. The Morgan fingerprint density at radius 2 is 1.69 bits per heavy atom. The van der Waals surface area contributed by atoms with E-state index in [1.807, 2.05) is 0 Å². The van der Waals surface area contributed by atoms with Crippen molar-refractivity contribution in [2.75, 3.05) is 31.5 Å². The number of sulfonamides is 1. The molecule has 1 aromatic heterocycles. The Morgan fingerprint density at radius 1 is 0.961 bits per heavy atom. The first-order valence-corrected chi connectivity index (χ1v) is 20.9. The van der Waals surface area contributed by atoms with Gasteiger partial charge in [-0.1, -0.05) is 55.5 Å². The minimum Gasteiger partial charge on any atom is -0.497 e. The summed E-state index contributed by atoms with van der Waals surface area (Å²) in [7, 11) is -2.32. The Hall–Kier alpha value is -5.10. The zero-order valence-electron chi connectivity index (χ0n) is 28.7. The molecule has 0 atom stereocenters. The van der Waals surface area contributed by atoms with Crippen LogP contribution in [0.5, 0.6) is 11.5 Å². The van der Waals surface area contributed by atoms with Gasteiger partial charge in [-0.3, -0.25) is 10.1 Å². The number of nitrogens with one attached hydrogen (secondary N) is 3. The number of rotatable bonds is 14. The first-order chi connectivity index (χ1) is 24.0. The average molecular weight is 761 g/mol. The van der Waals surface area contributed by atoms with Crippen molar-refractivity contribution in [3.05, 3.63) is 89.2 Å². The van der Waals surface area contributed by atoms with Gasteiger partial charge < -0.3 is 30.4 Å². The Bertz CT molecular complexity index is 1950. The predicted molar refractivity (Wildman–Crippen MR) is 196 cm³/mol. The first-order valence-electron chi connectivity index (χ1n) is 15.4. The summed E-state index contributed by atoms with van der Waals surface area (Å²) in [6.45, 7) is 7.01. The van der Waals surface area contributed by atoms with E-state index in [1.165, 1.54) is 49.5 Å². The lowest BCUT2D eigenvalue weighted by atomic mass is 10.1. The van der Waals surface area contributed by atoms with Crippen LogP contribution in [-0.4, -0.2) is 70.3 Å². The number of ether oxygens (including phenoxy) is 3. The van der Waals surface area contributed by atoms with Gasteiger partial charge >= 0.3 is 12.2 Å². The number of anilines is 2. The van der Waals surface area contributed by atoms with Crippen molar-refractivity contribution in [2.45, 2.75) is 43.5 Å². The number of hydrogen-bond donors (Lipinski definition) is 5. The smallest absolute Gasteiger partial charge is 0.409 e. The van der Waals surface area contributed by atoms with Gasteiger partial charge in [0, 0.05) is 37.0 Å². The van der Waals surface area contributed by atoms with Crippen LogP contribution in [0.1, 0.15) is 11.1 Å². The molecular weight excluding hydrogens is 720 g/mol. The van der Waals surface area contributed by atoms with Crippen molar-refractivity contribution < 1.29 is 42.1 Å². The molecule has 0 aliphatic carbocycles. The van der Waals surface area contributed by atoms with Crippen LogP contribution in [0.25, 0.3) is 5.69 Å². The van der Waals surface area contributed by atoms with Crippen molar-refractivity contribution in [3.63, 3.8) is 0 Å². The van der Waals surface area contributed by atoms with E-state index in [2.05, 4.69) is 44.8 Å². The fraction of sp³-hybridized carbons (Fsp3) is 0.273. The zero-order valence-corrected chi connectivity index (χ0v) is 31.3. The average Bonchev–Trinajstić information content (AvgIpc) is 3.52. The number of halogens is 1. The minimum atomic E-state index is -4.22. The van der Waals surface area contributed by atoms with Crippen LogP contribution in [0.2, 0.25) is 30.7 Å². The van der Waals surface area contributed by atoms with Crippen LogP contribution in [0.3, 0.4) is 0 Å². The predicted octanol–water partition coefficient (Wildman–Crippen LogP) is 5.71. The Kier molecular flexibility index (Phi) is 14.4. The fourth-order valence-corrected chi connectivity index (χ4v) is 6.50. The largest absolute Gasteiger partial charge is 0.497 e. The number of benzene rings is 3. The van der Waals surface area contributed by atoms with Crippen molar-refractivity contribution in [1.29, 1.82) is 0 Å². The number of hydrogen-bond acceptors (Lipinski definition) is 9. The summed E-state index contributed by atoms with van der Waals surface area (Å²) in [5.74, 6) is 0.557. The number of amides is 3. The molecule has 4 aromatic rings. The SMILES string of the molecule is COc1ccc(CNS(=O)(=O)c2cc(NC(=O)Cc3ccccc3Cl)ccc2-n2cc(NC(=O)O)cn2)c(OC)c1.C[Si](C)(C)CCOC(N)=O. The molecule has 3 amide bonds. The van der Waals surface area contributed by atoms with Crippen molar-refractivity contribution in [2.24, 2.45) is 5.73 Å². The number of carbonyl (C=O) groups is 3. The van der Waals surface area contributed by atoms with Crippen molar-refractivity contribution in [3.8, 4) is 17.2 Å². The molecule has 3 aromatic carbocycles. The van der Waals surface area contributed by atoms with Gasteiger partial charge in [-0.15, -0.1) is 0 Å². The third kappa shape index (κ3) is 12.9. The standard InChI is InChI=1S/C27H26ClN5O7S.C6H15NO2Si/c1-39-21-9-7-18(24(13-21)40-2)14-30-41(37,38)25-12-19(31-26(34)11-17-5-3-4-6-22(17)28)8-10-23(25)33-16-20(15-29-33)32-27(35)36;1-10(2,3)5-4-9-6(7)8/h3-10,12-13,15-16,30,32H,11,14H2,1-2H3,(H,31,34)(H,35,36);4-5H2,1-3H3,(H2,7,8). The Labute approximate surface area is 302 Å². The van der Waals surface area contributed by atoms with Crippen LogP contribution in [0, 0.1) is 0 Å².